The molecule has 84 valence electrons. The van der Waals surface area contributed by atoms with Crippen molar-refractivity contribution >= 4 is 17.2 Å². The van der Waals surface area contributed by atoms with Crippen LogP contribution in [0.1, 0.15) is 11.1 Å². The molecule has 1 aromatic heterocycles. The molecule has 2 rings (SSSR count). The summed E-state index contributed by atoms with van der Waals surface area (Å²) in [6.07, 6.45) is 1.58. The number of nitrogens with one attached hydrogen (secondary N) is 1. The fourth-order valence-electron chi connectivity index (χ4n) is 1.49. The summed E-state index contributed by atoms with van der Waals surface area (Å²) in [6, 6.07) is 11.7. The quantitative estimate of drug-likeness (QED) is 0.822. The third kappa shape index (κ3) is 2.34. The maximum atomic E-state index is 9.01. The highest BCUT2D eigenvalue weighted by molar-refractivity contribution is 5.71. The predicted octanol–water partition coefficient (Wildman–Crippen LogP) is 2.59. The van der Waals surface area contributed by atoms with Crippen molar-refractivity contribution in [3.05, 3.63) is 47.7 Å². The van der Waals surface area contributed by atoms with Gasteiger partial charge in [0, 0.05) is 11.9 Å². The Kier molecular flexibility index (Phi) is 2.93. The molecule has 0 aliphatic heterocycles. The minimum atomic E-state index is 0.240. The number of nitriles is 1. The van der Waals surface area contributed by atoms with Gasteiger partial charge in [0.1, 0.15) is 17.5 Å². The topological polar surface area (TPSA) is 74.7 Å². The van der Waals surface area contributed by atoms with Crippen molar-refractivity contribution in [3.8, 4) is 6.07 Å². The standard InChI is InChI=1S/C13H12N4/c1-9-2-4-10(5-3-9)17-12-6-7-16-13(15)11(12)8-14/h2-7H,1H3,(H3,15,16,17). The zero-order valence-electron chi connectivity index (χ0n) is 9.44. The van der Waals surface area contributed by atoms with Gasteiger partial charge in [-0.1, -0.05) is 17.7 Å². The number of benzene rings is 1. The third-order valence-corrected chi connectivity index (χ3v) is 2.42. The number of pyridine rings is 1. The van der Waals surface area contributed by atoms with Crippen LogP contribution in [-0.2, 0) is 0 Å². The molecule has 0 bridgehead atoms. The molecule has 4 nitrogen and oxygen atoms in total. The highest BCUT2D eigenvalue weighted by atomic mass is 14.9. The maximum absolute atomic E-state index is 9.01. The van der Waals surface area contributed by atoms with Gasteiger partial charge in [-0.25, -0.2) is 4.98 Å². The lowest BCUT2D eigenvalue weighted by Gasteiger charge is -2.09. The normalized spacial score (nSPS) is 9.65. The van der Waals surface area contributed by atoms with Gasteiger partial charge in [0.05, 0.1) is 5.69 Å². The molecule has 4 heteroatoms. The van der Waals surface area contributed by atoms with E-state index in [1.165, 1.54) is 5.56 Å². The second kappa shape index (κ2) is 4.54. The molecule has 0 spiro atoms. The monoisotopic (exact) mass is 224 g/mol. The minimum Gasteiger partial charge on any atom is -0.383 e. The molecule has 17 heavy (non-hydrogen) atoms. The Bertz CT molecular complexity index is 567. The number of aryl methyl sites for hydroxylation is 1. The van der Waals surface area contributed by atoms with E-state index in [0.29, 0.717) is 11.3 Å². The predicted molar refractivity (Wildman–Crippen MR) is 67.8 cm³/mol. The molecule has 0 saturated carbocycles. The molecule has 2 aromatic rings. The molecule has 0 saturated heterocycles. The molecule has 0 atom stereocenters. The fraction of sp³-hybridized carbons (Fsp3) is 0.0769. The highest BCUT2D eigenvalue weighted by Crippen LogP contribution is 2.23. The SMILES string of the molecule is Cc1ccc(Nc2ccnc(N)c2C#N)cc1. The van der Waals surface area contributed by atoms with Gasteiger partial charge in [0.15, 0.2) is 0 Å². The second-order valence-electron chi connectivity index (χ2n) is 3.72. The first-order valence-corrected chi connectivity index (χ1v) is 5.19. The first-order valence-electron chi connectivity index (χ1n) is 5.19. The molecule has 3 N–H and O–H groups in total. The van der Waals surface area contributed by atoms with Crippen molar-refractivity contribution in [2.45, 2.75) is 6.92 Å². The Labute approximate surface area is 99.7 Å². The summed E-state index contributed by atoms with van der Waals surface area (Å²) in [7, 11) is 0. The summed E-state index contributed by atoms with van der Waals surface area (Å²) >= 11 is 0. The molecule has 0 radical (unpaired) electrons. The van der Waals surface area contributed by atoms with Crippen LogP contribution < -0.4 is 11.1 Å². The number of anilines is 3. The average Bonchev–Trinajstić information content (AvgIpc) is 2.32. The highest BCUT2D eigenvalue weighted by Gasteiger charge is 2.06. The molecular formula is C13H12N4. The second-order valence-corrected chi connectivity index (χ2v) is 3.72. The fourth-order valence-corrected chi connectivity index (χ4v) is 1.49. The van der Waals surface area contributed by atoms with E-state index in [2.05, 4.69) is 10.3 Å². The maximum Gasteiger partial charge on any atom is 0.143 e. The lowest BCUT2D eigenvalue weighted by Crippen LogP contribution is -1.99. The van der Waals surface area contributed by atoms with Crippen LogP contribution in [0.3, 0.4) is 0 Å². The van der Waals surface area contributed by atoms with Crippen LogP contribution in [0.15, 0.2) is 36.5 Å². The number of nitrogens with two attached hydrogens (primary N) is 1. The van der Waals surface area contributed by atoms with Gasteiger partial charge in [-0.3, -0.25) is 0 Å². The summed E-state index contributed by atoms with van der Waals surface area (Å²) in [4.78, 5) is 3.88. The first kappa shape index (κ1) is 11.0. The number of rotatable bonds is 2. The van der Waals surface area contributed by atoms with E-state index in [1.807, 2.05) is 37.3 Å². The van der Waals surface area contributed by atoms with Crippen molar-refractivity contribution in [1.82, 2.24) is 4.98 Å². The van der Waals surface area contributed by atoms with Gasteiger partial charge in [-0.15, -0.1) is 0 Å². The van der Waals surface area contributed by atoms with Crippen molar-refractivity contribution in [2.75, 3.05) is 11.1 Å². The van der Waals surface area contributed by atoms with Gasteiger partial charge in [0.2, 0.25) is 0 Å². The Balaban J connectivity index is 2.34. The molecule has 0 aliphatic carbocycles. The number of nitrogen functional groups attached to an aromatic ring is 1. The Morgan fingerprint density at radius 1 is 1.24 bits per heavy atom. The summed E-state index contributed by atoms with van der Waals surface area (Å²) in [5.74, 6) is 0.240. The molecule has 1 heterocycles. The van der Waals surface area contributed by atoms with E-state index in [4.69, 9.17) is 11.0 Å². The van der Waals surface area contributed by atoms with Crippen LogP contribution in [0, 0.1) is 18.3 Å². The van der Waals surface area contributed by atoms with E-state index >= 15 is 0 Å². The number of nitrogens with zero attached hydrogens (tertiary/aromatic N) is 2. The zero-order valence-corrected chi connectivity index (χ0v) is 9.44. The zero-order chi connectivity index (χ0) is 12.3. The van der Waals surface area contributed by atoms with Crippen molar-refractivity contribution in [1.29, 1.82) is 5.26 Å². The Morgan fingerprint density at radius 2 is 1.94 bits per heavy atom. The number of hydrogen-bond donors (Lipinski definition) is 2. The summed E-state index contributed by atoms with van der Waals surface area (Å²) in [6.45, 7) is 2.02. The van der Waals surface area contributed by atoms with E-state index in [0.717, 1.165) is 5.69 Å². The van der Waals surface area contributed by atoms with E-state index in [1.54, 1.807) is 12.3 Å². The van der Waals surface area contributed by atoms with Crippen molar-refractivity contribution in [3.63, 3.8) is 0 Å². The molecule has 1 aromatic carbocycles. The molecule has 0 aliphatic rings. The average molecular weight is 224 g/mol. The van der Waals surface area contributed by atoms with Crippen LogP contribution in [0.4, 0.5) is 17.2 Å². The van der Waals surface area contributed by atoms with Crippen LogP contribution in [0.2, 0.25) is 0 Å². The van der Waals surface area contributed by atoms with Gasteiger partial charge in [-0.05, 0) is 25.1 Å². The van der Waals surface area contributed by atoms with Gasteiger partial charge in [-0.2, -0.15) is 5.26 Å². The number of aromatic nitrogens is 1. The lowest BCUT2D eigenvalue weighted by molar-refractivity contribution is 1.30. The summed E-state index contributed by atoms with van der Waals surface area (Å²) in [5.41, 5.74) is 8.77. The first-order chi connectivity index (χ1) is 8.20. The van der Waals surface area contributed by atoms with Gasteiger partial charge >= 0.3 is 0 Å². The third-order valence-electron chi connectivity index (χ3n) is 2.42. The lowest BCUT2D eigenvalue weighted by atomic mass is 10.2. The molecule has 0 amide bonds. The largest absolute Gasteiger partial charge is 0.383 e. The molecule has 0 unspecified atom stereocenters. The van der Waals surface area contributed by atoms with Crippen LogP contribution in [-0.4, -0.2) is 4.98 Å². The number of hydrogen-bond acceptors (Lipinski definition) is 4. The van der Waals surface area contributed by atoms with Crippen molar-refractivity contribution < 1.29 is 0 Å². The van der Waals surface area contributed by atoms with Crippen LogP contribution in [0.25, 0.3) is 0 Å². The summed E-state index contributed by atoms with van der Waals surface area (Å²) < 4.78 is 0. The van der Waals surface area contributed by atoms with Crippen LogP contribution >= 0.6 is 0 Å². The van der Waals surface area contributed by atoms with Gasteiger partial charge < -0.3 is 11.1 Å². The Hall–Kier alpha value is -2.54. The van der Waals surface area contributed by atoms with Crippen molar-refractivity contribution in [2.24, 2.45) is 0 Å². The van der Waals surface area contributed by atoms with E-state index in [9.17, 15) is 0 Å². The summed E-state index contributed by atoms with van der Waals surface area (Å²) in [5, 5.41) is 12.2. The molecule has 0 fully saturated rings. The van der Waals surface area contributed by atoms with E-state index in [-0.39, 0.29) is 5.82 Å². The van der Waals surface area contributed by atoms with E-state index < -0.39 is 0 Å². The molecular weight excluding hydrogens is 212 g/mol. The smallest absolute Gasteiger partial charge is 0.143 e. The Morgan fingerprint density at radius 3 is 2.59 bits per heavy atom. The van der Waals surface area contributed by atoms with Gasteiger partial charge in [0.25, 0.3) is 0 Å². The minimum absolute atomic E-state index is 0.240. The van der Waals surface area contributed by atoms with Crippen LogP contribution in [0.5, 0.6) is 0 Å².